The van der Waals surface area contributed by atoms with Gasteiger partial charge in [-0.05, 0) is 29.3 Å². The Hall–Kier alpha value is -1.20. The van der Waals surface area contributed by atoms with Crippen molar-refractivity contribution in [2.24, 2.45) is 0 Å². The fraction of sp³-hybridized carbons (Fsp3) is 0.333. The van der Waals surface area contributed by atoms with E-state index in [1.807, 2.05) is 35.0 Å². The van der Waals surface area contributed by atoms with E-state index in [2.05, 4.69) is 0 Å². The third-order valence-corrected chi connectivity index (χ3v) is 4.45. The molecule has 0 aromatic carbocycles. The van der Waals surface area contributed by atoms with Crippen LogP contribution in [0, 0.1) is 10.1 Å². The monoisotopic (exact) mass is 267 g/mol. The molecule has 2 heterocycles. The first-order valence-electron chi connectivity index (χ1n) is 5.44. The molecule has 0 amide bonds. The fourth-order valence-electron chi connectivity index (χ4n) is 1.71. The normalized spacial score (nSPS) is 12.5. The number of rotatable bonds is 6. The summed E-state index contributed by atoms with van der Waals surface area (Å²) in [4.78, 5) is 13.2. The summed E-state index contributed by atoms with van der Waals surface area (Å²) in [5.41, 5.74) is 0. The van der Waals surface area contributed by atoms with Crippen LogP contribution in [0.3, 0.4) is 0 Å². The van der Waals surface area contributed by atoms with Gasteiger partial charge in [-0.2, -0.15) is 0 Å². The van der Waals surface area contributed by atoms with Gasteiger partial charge >= 0.3 is 0 Å². The highest BCUT2D eigenvalue weighted by Crippen LogP contribution is 2.18. The van der Waals surface area contributed by atoms with Crippen molar-refractivity contribution < 1.29 is 4.92 Å². The van der Waals surface area contributed by atoms with Gasteiger partial charge < -0.3 is 0 Å². The molecule has 1 atom stereocenters. The number of nitro groups is 1. The van der Waals surface area contributed by atoms with Crippen LogP contribution in [0.4, 0.5) is 0 Å². The fourth-order valence-corrected chi connectivity index (χ4v) is 3.21. The molecule has 0 N–H and O–H groups in total. The Bertz CT molecular complexity index is 451. The summed E-state index contributed by atoms with van der Waals surface area (Å²) in [6, 6.07) is 7.46. The Labute approximate surface area is 108 Å². The van der Waals surface area contributed by atoms with E-state index in [1.54, 1.807) is 22.7 Å². The molecule has 90 valence electrons. The zero-order valence-electron chi connectivity index (χ0n) is 9.24. The Morgan fingerprint density at radius 1 is 1.18 bits per heavy atom. The second kappa shape index (κ2) is 5.93. The average Bonchev–Trinajstić information content (AvgIpc) is 2.97. The van der Waals surface area contributed by atoms with E-state index in [9.17, 15) is 10.1 Å². The Balaban J connectivity index is 1.91. The third-order valence-electron chi connectivity index (χ3n) is 2.62. The van der Waals surface area contributed by atoms with Crippen molar-refractivity contribution in [3.8, 4) is 0 Å². The number of aryl methyl sites for hydroxylation is 1. The molecule has 2 rings (SSSR count). The summed E-state index contributed by atoms with van der Waals surface area (Å²) in [5.74, 6) is 0. The molecule has 0 aliphatic rings. The molecule has 0 saturated carbocycles. The van der Waals surface area contributed by atoms with E-state index in [0.29, 0.717) is 12.8 Å². The number of hydrogen-bond donors (Lipinski definition) is 0. The van der Waals surface area contributed by atoms with Crippen LogP contribution in [-0.2, 0) is 12.8 Å². The van der Waals surface area contributed by atoms with E-state index in [1.165, 1.54) is 4.88 Å². The van der Waals surface area contributed by atoms with Crippen LogP contribution in [0.2, 0.25) is 0 Å². The van der Waals surface area contributed by atoms with Gasteiger partial charge in [0.25, 0.3) is 0 Å². The number of nitrogens with zero attached hydrogens (tertiary/aromatic N) is 1. The van der Waals surface area contributed by atoms with Gasteiger partial charge in [-0.3, -0.25) is 10.1 Å². The van der Waals surface area contributed by atoms with Crippen LogP contribution in [0.1, 0.15) is 16.2 Å². The van der Waals surface area contributed by atoms with Gasteiger partial charge in [0.2, 0.25) is 6.04 Å². The van der Waals surface area contributed by atoms with Gasteiger partial charge in [0.05, 0.1) is 0 Å². The lowest BCUT2D eigenvalue weighted by Gasteiger charge is -2.07. The van der Waals surface area contributed by atoms with E-state index in [0.717, 1.165) is 11.3 Å². The summed E-state index contributed by atoms with van der Waals surface area (Å²) in [6.07, 6.45) is 1.97. The van der Waals surface area contributed by atoms with E-state index in [4.69, 9.17) is 0 Å². The molecule has 2 aromatic heterocycles. The van der Waals surface area contributed by atoms with Crippen LogP contribution < -0.4 is 0 Å². The molecule has 0 spiro atoms. The highest BCUT2D eigenvalue weighted by molar-refractivity contribution is 7.10. The maximum Gasteiger partial charge on any atom is 0.218 e. The molecule has 0 aliphatic carbocycles. The first-order chi connectivity index (χ1) is 8.25. The Morgan fingerprint density at radius 2 is 1.82 bits per heavy atom. The predicted molar refractivity (Wildman–Crippen MR) is 71.4 cm³/mol. The molecule has 1 unspecified atom stereocenters. The van der Waals surface area contributed by atoms with Gasteiger partial charge in [-0.1, -0.05) is 12.1 Å². The minimum atomic E-state index is -0.462. The lowest BCUT2D eigenvalue weighted by atomic mass is 10.1. The van der Waals surface area contributed by atoms with Gasteiger partial charge in [-0.25, -0.2) is 0 Å². The molecule has 17 heavy (non-hydrogen) atoms. The second-order valence-electron chi connectivity index (χ2n) is 3.84. The lowest BCUT2D eigenvalue weighted by Crippen LogP contribution is -2.22. The largest absolute Gasteiger partial charge is 0.264 e. The summed E-state index contributed by atoms with van der Waals surface area (Å²) < 4.78 is 0. The molecule has 2 aromatic rings. The maximum atomic E-state index is 11.0. The van der Waals surface area contributed by atoms with Crippen molar-refractivity contribution in [3.05, 3.63) is 54.9 Å². The van der Waals surface area contributed by atoms with Crippen molar-refractivity contribution in [2.45, 2.75) is 25.3 Å². The van der Waals surface area contributed by atoms with Crippen LogP contribution >= 0.6 is 22.7 Å². The second-order valence-corrected chi connectivity index (χ2v) is 5.91. The highest BCUT2D eigenvalue weighted by Gasteiger charge is 2.21. The Kier molecular flexibility index (Phi) is 4.28. The van der Waals surface area contributed by atoms with E-state index < -0.39 is 6.04 Å². The molecule has 5 heteroatoms. The topological polar surface area (TPSA) is 43.1 Å². The van der Waals surface area contributed by atoms with E-state index >= 15 is 0 Å². The summed E-state index contributed by atoms with van der Waals surface area (Å²) in [7, 11) is 0. The van der Waals surface area contributed by atoms with Crippen LogP contribution in [0.25, 0.3) is 0 Å². The summed E-state index contributed by atoms with van der Waals surface area (Å²) in [5, 5.41) is 15.0. The number of hydrogen-bond acceptors (Lipinski definition) is 4. The molecule has 0 radical (unpaired) electrons. The molecule has 3 nitrogen and oxygen atoms in total. The summed E-state index contributed by atoms with van der Waals surface area (Å²) >= 11 is 3.25. The minimum Gasteiger partial charge on any atom is -0.264 e. The van der Waals surface area contributed by atoms with Crippen molar-refractivity contribution in [2.75, 3.05) is 0 Å². The molecule has 0 fully saturated rings. The molecular formula is C12H13NO2S2. The molecule has 0 saturated heterocycles. The number of thiophene rings is 2. The lowest BCUT2D eigenvalue weighted by molar-refractivity contribution is -0.522. The predicted octanol–water partition coefficient (Wildman–Crippen LogP) is 3.63. The summed E-state index contributed by atoms with van der Waals surface area (Å²) in [6.45, 7) is 0. The van der Waals surface area contributed by atoms with Crippen LogP contribution in [-0.4, -0.2) is 11.0 Å². The average molecular weight is 267 g/mol. The van der Waals surface area contributed by atoms with Crippen molar-refractivity contribution >= 4 is 22.7 Å². The zero-order chi connectivity index (χ0) is 12.1. The van der Waals surface area contributed by atoms with Crippen molar-refractivity contribution in [3.63, 3.8) is 0 Å². The Morgan fingerprint density at radius 3 is 2.35 bits per heavy atom. The molecule has 0 aliphatic heterocycles. The van der Waals surface area contributed by atoms with Gasteiger partial charge in [0, 0.05) is 27.5 Å². The SMILES string of the molecule is O=[N+]([O-])C(CCc1cccs1)Cc1cccs1. The van der Waals surface area contributed by atoms with Crippen molar-refractivity contribution in [1.82, 2.24) is 0 Å². The first kappa shape index (κ1) is 12.3. The van der Waals surface area contributed by atoms with Crippen LogP contribution in [0.15, 0.2) is 35.0 Å². The van der Waals surface area contributed by atoms with E-state index in [-0.39, 0.29) is 4.92 Å². The molecule has 0 bridgehead atoms. The van der Waals surface area contributed by atoms with Gasteiger partial charge in [0.15, 0.2) is 0 Å². The van der Waals surface area contributed by atoms with Crippen molar-refractivity contribution in [1.29, 1.82) is 0 Å². The van der Waals surface area contributed by atoms with Gasteiger partial charge in [0.1, 0.15) is 0 Å². The standard InChI is InChI=1S/C12H13NO2S2/c14-13(15)10(9-12-4-2-8-17-12)5-6-11-3-1-7-16-11/h1-4,7-8,10H,5-6,9H2. The smallest absolute Gasteiger partial charge is 0.218 e. The maximum absolute atomic E-state index is 11.0. The zero-order valence-corrected chi connectivity index (χ0v) is 10.9. The first-order valence-corrected chi connectivity index (χ1v) is 7.20. The minimum absolute atomic E-state index is 0.146. The highest BCUT2D eigenvalue weighted by atomic mass is 32.1. The van der Waals surface area contributed by atoms with Crippen LogP contribution in [0.5, 0.6) is 0 Å². The third kappa shape index (κ3) is 3.64. The quantitative estimate of drug-likeness (QED) is 0.592. The van der Waals surface area contributed by atoms with Gasteiger partial charge in [-0.15, -0.1) is 22.7 Å². The molecular weight excluding hydrogens is 254 g/mol.